The molecule has 252 valence electrons. The van der Waals surface area contributed by atoms with Crippen molar-refractivity contribution in [1.29, 1.82) is 0 Å². The van der Waals surface area contributed by atoms with E-state index >= 15 is 0 Å². The summed E-state index contributed by atoms with van der Waals surface area (Å²) in [5.41, 5.74) is 5.83. The van der Waals surface area contributed by atoms with Crippen LogP contribution >= 0.6 is 34.8 Å². The minimum atomic E-state index is -0.653. The lowest BCUT2D eigenvalue weighted by atomic mass is 9.95. The number of methoxy groups -OCH3 is 1. The Hall–Kier alpha value is -4.70. The van der Waals surface area contributed by atoms with Crippen LogP contribution in [0.1, 0.15) is 53.9 Å². The first-order valence-corrected chi connectivity index (χ1v) is 16.4. The monoisotopic (exact) mass is 786 g/mol. The van der Waals surface area contributed by atoms with Gasteiger partial charge < -0.3 is 34.3 Å². The number of rotatable bonds is 14. The molecule has 0 fully saturated rings. The normalized spacial score (nSPS) is 14.1. The molecule has 1 amide bonds. The van der Waals surface area contributed by atoms with Crippen molar-refractivity contribution in [2.24, 2.45) is 5.10 Å². The zero-order chi connectivity index (χ0) is 34.6. The number of esters is 2. The van der Waals surface area contributed by atoms with E-state index in [1.165, 1.54) is 13.3 Å². The number of nitrogens with zero attached hydrogens (tertiary/aromatic N) is 1. The van der Waals surface area contributed by atoms with Gasteiger partial charge in [-0.2, -0.15) is 5.10 Å². The van der Waals surface area contributed by atoms with Gasteiger partial charge >= 0.3 is 11.9 Å². The van der Waals surface area contributed by atoms with Crippen molar-refractivity contribution in [1.82, 2.24) is 16.1 Å². The minimum absolute atomic E-state index is 0.184. The van der Waals surface area contributed by atoms with Crippen LogP contribution < -0.4 is 30.3 Å². The average molecular weight is 787 g/mol. The van der Waals surface area contributed by atoms with Crippen molar-refractivity contribution in [2.75, 3.05) is 26.9 Å². The summed E-state index contributed by atoms with van der Waals surface area (Å²) in [5.74, 6) is -0.125. The number of allylic oxidation sites excluding steroid dienone is 1. The van der Waals surface area contributed by atoms with E-state index < -0.39 is 23.9 Å². The first-order chi connectivity index (χ1) is 23.1. The number of carbonyl (C=O) groups excluding carboxylic acids is 3. The summed E-state index contributed by atoms with van der Waals surface area (Å²) in [6.07, 6.45) is 1.45. The van der Waals surface area contributed by atoms with Gasteiger partial charge in [-0.15, -0.1) is 0 Å². The maximum atomic E-state index is 12.8. The van der Waals surface area contributed by atoms with Crippen LogP contribution in [0, 0.1) is 3.57 Å². The largest absolute Gasteiger partial charge is 0.493 e. The lowest BCUT2D eigenvalue weighted by molar-refractivity contribution is -0.139. The number of hydrazone groups is 1. The van der Waals surface area contributed by atoms with Crippen LogP contribution in [-0.2, 0) is 25.7 Å². The zero-order valence-electron chi connectivity index (χ0n) is 26.8. The first-order valence-electron chi connectivity index (χ1n) is 14.9. The Morgan fingerprint density at radius 3 is 2.40 bits per heavy atom. The highest BCUT2D eigenvalue weighted by Crippen LogP contribution is 2.34. The van der Waals surface area contributed by atoms with E-state index in [1.54, 1.807) is 69.3 Å². The van der Waals surface area contributed by atoms with E-state index in [0.29, 0.717) is 56.9 Å². The average Bonchev–Trinajstić information content (AvgIpc) is 3.06. The molecule has 3 aromatic carbocycles. The maximum absolute atomic E-state index is 12.8. The van der Waals surface area contributed by atoms with Crippen molar-refractivity contribution in [3.05, 3.63) is 97.8 Å². The molecule has 12 nitrogen and oxygen atoms in total. The second-order valence-corrected chi connectivity index (χ2v) is 11.8. The van der Waals surface area contributed by atoms with Crippen molar-refractivity contribution in [3.63, 3.8) is 0 Å². The third-order valence-electron chi connectivity index (χ3n) is 6.86. The van der Waals surface area contributed by atoms with Gasteiger partial charge in [0, 0.05) is 20.4 Å². The molecule has 0 saturated heterocycles. The topological polar surface area (TPSA) is 146 Å². The van der Waals surface area contributed by atoms with Crippen molar-refractivity contribution < 1.29 is 38.1 Å². The summed E-state index contributed by atoms with van der Waals surface area (Å²) in [7, 11) is 1.53. The standard InChI is InChI=1S/C34H35IN4O8S/c1-5-44-32(41)22-13-11-21(12-14-22)18-47-31-23(15-24(35)16-27(31)43-4)17-36-39-28(40)19-46-26-10-8-7-9-25(26)30-29(33(42)45-6-2)20(3)37-34(48)38-30/h7-17,30H,5-6,18-19H2,1-4H3,(H,39,40)(H2,37,38,48)/t30-/m0/s1. The number of hydrogen-bond donors (Lipinski definition) is 3. The molecule has 0 aliphatic carbocycles. The van der Waals surface area contributed by atoms with Gasteiger partial charge in [0.05, 0.1) is 43.7 Å². The molecule has 0 radical (unpaired) electrons. The molecular formula is C34H35IN4O8S. The molecule has 0 bridgehead atoms. The van der Waals surface area contributed by atoms with Gasteiger partial charge in [-0.25, -0.2) is 15.0 Å². The Morgan fingerprint density at radius 1 is 0.979 bits per heavy atom. The number of ether oxygens (including phenoxy) is 5. The second kappa shape index (κ2) is 17.5. The third kappa shape index (κ3) is 9.44. The Kier molecular flexibility index (Phi) is 13.1. The highest BCUT2D eigenvalue weighted by atomic mass is 127. The number of para-hydroxylation sites is 1. The quantitative estimate of drug-likeness (QED) is 0.0672. The Bertz CT molecular complexity index is 1730. The van der Waals surface area contributed by atoms with Crippen molar-refractivity contribution >= 4 is 64.0 Å². The molecular weight excluding hydrogens is 751 g/mol. The number of halogens is 1. The van der Waals surface area contributed by atoms with Crippen LogP contribution in [0.25, 0.3) is 0 Å². The molecule has 3 aromatic rings. The number of amides is 1. The molecule has 48 heavy (non-hydrogen) atoms. The zero-order valence-corrected chi connectivity index (χ0v) is 29.7. The maximum Gasteiger partial charge on any atom is 0.338 e. The summed E-state index contributed by atoms with van der Waals surface area (Å²) in [4.78, 5) is 37.6. The van der Waals surface area contributed by atoms with Crippen LogP contribution in [0.3, 0.4) is 0 Å². The molecule has 0 unspecified atom stereocenters. The molecule has 1 aliphatic rings. The summed E-state index contributed by atoms with van der Waals surface area (Å²) in [6.45, 7) is 5.55. The number of nitrogens with one attached hydrogen (secondary N) is 3. The number of carbonyl (C=O) groups is 3. The van der Waals surface area contributed by atoms with Gasteiger partial charge in [0.1, 0.15) is 12.4 Å². The van der Waals surface area contributed by atoms with Crippen molar-refractivity contribution in [3.8, 4) is 17.2 Å². The Balaban J connectivity index is 1.43. The van der Waals surface area contributed by atoms with Gasteiger partial charge in [0.15, 0.2) is 23.2 Å². The molecule has 3 N–H and O–H groups in total. The molecule has 1 atom stereocenters. The highest BCUT2D eigenvalue weighted by Gasteiger charge is 2.32. The third-order valence-corrected chi connectivity index (χ3v) is 7.71. The molecule has 0 spiro atoms. The summed E-state index contributed by atoms with van der Waals surface area (Å²) >= 11 is 7.48. The lowest BCUT2D eigenvalue weighted by Crippen LogP contribution is -2.45. The highest BCUT2D eigenvalue weighted by molar-refractivity contribution is 14.1. The predicted octanol–water partition coefficient (Wildman–Crippen LogP) is 4.94. The van der Waals surface area contributed by atoms with E-state index in [-0.39, 0.29) is 19.8 Å². The molecule has 1 aliphatic heterocycles. The summed E-state index contributed by atoms with van der Waals surface area (Å²) < 4.78 is 28.7. The van der Waals surface area contributed by atoms with Crippen LogP contribution in [0.15, 0.2) is 77.0 Å². The summed E-state index contributed by atoms with van der Waals surface area (Å²) in [5, 5.41) is 10.5. The molecule has 4 rings (SSSR count). The molecule has 0 aromatic heterocycles. The summed E-state index contributed by atoms with van der Waals surface area (Å²) in [6, 6.07) is 16.9. The molecule has 14 heteroatoms. The fourth-order valence-corrected chi connectivity index (χ4v) is 5.59. The lowest BCUT2D eigenvalue weighted by Gasteiger charge is -2.30. The van der Waals surface area contributed by atoms with E-state index in [2.05, 4.69) is 43.8 Å². The smallest absolute Gasteiger partial charge is 0.338 e. The predicted molar refractivity (Wildman–Crippen MR) is 191 cm³/mol. The van der Waals surface area contributed by atoms with Crippen LogP contribution in [-0.4, -0.2) is 56.1 Å². The number of benzene rings is 3. The van der Waals surface area contributed by atoms with Gasteiger partial charge in [0.2, 0.25) is 0 Å². The SMILES string of the molecule is CCOC(=O)C1=C(C)NC(=S)N[C@H]1c1ccccc1OCC(=O)NN=Cc1cc(I)cc(OC)c1OCc1ccc(C(=O)OCC)cc1. The van der Waals surface area contributed by atoms with Gasteiger partial charge in [-0.3, -0.25) is 4.79 Å². The Labute approximate surface area is 297 Å². The number of thiocarbonyl (C=S) groups is 1. The van der Waals surface area contributed by atoms with Gasteiger partial charge in [0.25, 0.3) is 5.91 Å². The van der Waals surface area contributed by atoms with E-state index in [0.717, 1.165) is 9.13 Å². The van der Waals surface area contributed by atoms with Crippen LogP contribution in [0.2, 0.25) is 0 Å². The van der Waals surface area contributed by atoms with Crippen molar-refractivity contribution in [2.45, 2.75) is 33.4 Å². The fourth-order valence-electron chi connectivity index (χ4n) is 4.70. The molecule has 1 heterocycles. The van der Waals surface area contributed by atoms with E-state index in [1.807, 2.05) is 12.1 Å². The fraction of sp³-hybridized carbons (Fsp3) is 0.265. The number of hydrogen-bond acceptors (Lipinski definition) is 10. The first kappa shape index (κ1) is 36.1. The minimum Gasteiger partial charge on any atom is -0.493 e. The van der Waals surface area contributed by atoms with Gasteiger partial charge in [-0.1, -0.05) is 30.3 Å². The molecule has 0 saturated carbocycles. The van der Waals surface area contributed by atoms with E-state index in [9.17, 15) is 14.4 Å². The van der Waals surface area contributed by atoms with Crippen LogP contribution in [0.4, 0.5) is 0 Å². The van der Waals surface area contributed by atoms with Crippen LogP contribution in [0.5, 0.6) is 17.2 Å². The Morgan fingerprint density at radius 2 is 1.69 bits per heavy atom. The van der Waals surface area contributed by atoms with E-state index in [4.69, 9.17) is 35.9 Å². The second-order valence-electron chi connectivity index (χ2n) is 10.1. The van der Waals surface area contributed by atoms with Gasteiger partial charge in [-0.05, 0) is 91.5 Å².